The van der Waals surface area contributed by atoms with Gasteiger partial charge in [-0.25, -0.2) is 0 Å². The number of carbonyl (C=O) groups is 1. The summed E-state index contributed by atoms with van der Waals surface area (Å²) in [4.78, 5) is 16.6. The van der Waals surface area contributed by atoms with Gasteiger partial charge in [0.1, 0.15) is 6.61 Å². The van der Waals surface area contributed by atoms with E-state index < -0.39 is 0 Å². The number of amides is 1. The van der Waals surface area contributed by atoms with Crippen LogP contribution in [0.2, 0.25) is 10.0 Å². The quantitative estimate of drug-likeness (QED) is 0.603. The number of hydrogen-bond donors (Lipinski definition) is 1. The molecule has 3 heterocycles. The topological polar surface area (TPSA) is 66.4 Å². The maximum atomic E-state index is 12.7. The molecule has 29 heavy (non-hydrogen) atoms. The van der Waals surface area contributed by atoms with E-state index in [0.29, 0.717) is 36.3 Å². The third kappa shape index (κ3) is 3.88. The van der Waals surface area contributed by atoms with Gasteiger partial charge in [-0.2, -0.15) is 5.10 Å². The highest BCUT2D eigenvalue weighted by Gasteiger charge is 2.28. The molecule has 0 aliphatic carbocycles. The second-order valence-corrected chi connectivity index (χ2v) is 8.17. The highest BCUT2D eigenvalue weighted by Crippen LogP contribution is 2.42. The molecule has 0 radical (unpaired) electrons. The van der Waals surface area contributed by atoms with Gasteiger partial charge in [-0.1, -0.05) is 29.3 Å². The molecule has 3 aromatic rings. The Bertz CT molecular complexity index is 1030. The first kappa shape index (κ1) is 20.2. The predicted molar refractivity (Wildman–Crippen MR) is 114 cm³/mol. The number of nitrogens with zero attached hydrogens (tertiary/aromatic N) is 4. The molecule has 1 amide bonds. The molecule has 1 aliphatic heterocycles. The van der Waals surface area contributed by atoms with E-state index >= 15 is 0 Å². The van der Waals surface area contributed by atoms with E-state index in [1.165, 1.54) is 0 Å². The lowest BCUT2D eigenvalue weighted by Crippen LogP contribution is -2.40. The van der Waals surface area contributed by atoms with Crippen molar-refractivity contribution in [2.24, 2.45) is 0 Å². The van der Waals surface area contributed by atoms with Crippen molar-refractivity contribution in [1.29, 1.82) is 0 Å². The molecule has 9 heteroatoms. The smallest absolute Gasteiger partial charge is 0.248 e. The van der Waals surface area contributed by atoms with Crippen molar-refractivity contribution in [3.8, 4) is 11.1 Å². The Hall–Kier alpha value is -2.06. The van der Waals surface area contributed by atoms with Crippen LogP contribution in [0.25, 0.3) is 22.0 Å². The summed E-state index contributed by atoms with van der Waals surface area (Å²) in [7, 11) is 3.95. The molecule has 154 valence electrons. The minimum absolute atomic E-state index is 0.0115. The molecule has 7 nitrogen and oxygen atoms in total. The van der Waals surface area contributed by atoms with Gasteiger partial charge < -0.3 is 19.1 Å². The lowest BCUT2D eigenvalue weighted by Gasteiger charge is -2.30. The molecule has 0 fully saturated rings. The Morgan fingerprint density at radius 2 is 2.14 bits per heavy atom. The Kier molecular flexibility index (Phi) is 5.83. The molecule has 0 saturated heterocycles. The van der Waals surface area contributed by atoms with E-state index in [2.05, 4.69) is 14.8 Å². The van der Waals surface area contributed by atoms with Crippen LogP contribution in [0, 0.1) is 0 Å². The maximum Gasteiger partial charge on any atom is 0.248 e. The fourth-order valence-electron chi connectivity index (χ4n) is 3.74. The first-order valence-corrected chi connectivity index (χ1v) is 10.2. The van der Waals surface area contributed by atoms with Crippen LogP contribution < -0.4 is 0 Å². The van der Waals surface area contributed by atoms with Gasteiger partial charge in [0.15, 0.2) is 0 Å². The Morgan fingerprint density at radius 3 is 2.86 bits per heavy atom. The van der Waals surface area contributed by atoms with Crippen molar-refractivity contribution in [2.75, 3.05) is 40.4 Å². The molecule has 1 aromatic carbocycles. The van der Waals surface area contributed by atoms with E-state index in [0.717, 1.165) is 34.3 Å². The summed E-state index contributed by atoms with van der Waals surface area (Å²) in [5, 5.41) is 9.02. The number of nitrogens with one attached hydrogen (secondary N) is 1. The first-order chi connectivity index (χ1) is 14.0. The number of aromatic nitrogens is 3. The Morgan fingerprint density at radius 1 is 1.31 bits per heavy atom. The van der Waals surface area contributed by atoms with Gasteiger partial charge in [0.25, 0.3) is 0 Å². The van der Waals surface area contributed by atoms with Gasteiger partial charge in [-0.15, -0.1) is 0 Å². The van der Waals surface area contributed by atoms with Gasteiger partial charge in [0.2, 0.25) is 5.91 Å². The van der Waals surface area contributed by atoms with Crippen LogP contribution in [0.4, 0.5) is 0 Å². The Labute approximate surface area is 179 Å². The summed E-state index contributed by atoms with van der Waals surface area (Å²) in [6.45, 7) is 3.13. The van der Waals surface area contributed by atoms with E-state index in [1.807, 2.05) is 42.2 Å². The SMILES string of the molecule is CN(C)CCOCC(=O)N1CCn2c(c(-c3cn[nH]c3)c3ccc(Cl)c(Cl)c32)C1. The summed E-state index contributed by atoms with van der Waals surface area (Å²) in [5.41, 5.74) is 3.91. The third-order valence-corrected chi connectivity index (χ3v) is 6.00. The minimum atomic E-state index is -0.0115. The van der Waals surface area contributed by atoms with Crippen molar-refractivity contribution >= 4 is 40.0 Å². The summed E-state index contributed by atoms with van der Waals surface area (Å²) in [6, 6.07) is 3.79. The van der Waals surface area contributed by atoms with Crippen LogP contribution >= 0.6 is 23.2 Å². The molecule has 1 N–H and O–H groups in total. The van der Waals surface area contributed by atoms with Crippen LogP contribution in [-0.4, -0.2) is 70.9 Å². The van der Waals surface area contributed by atoms with Crippen molar-refractivity contribution in [3.63, 3.8) is 0 Å². The van der Waals surface area contributed by atoms with Crippen LogP contribution in [0.3, 0.4) is 0 Å². The standard InChI is InChI=1S/C20H23Cl2N5O2/c1-25(2)7-8-29-12-17(28)26-5-6-27-16(11-26)18(13-9-23-24-10-13)14-3-4-15(21)19(22)20(14)27/h3-4,9-10H,5-8,11-12H2,1-2H3,(H,23,24). The zero-order valence-corrected chi connectivity index (χ0v) is 17.9. The van der Waals surface area contributed by atoms with E-state index in [4.69, 9.17) is 27.9 Å². The lowest BCUT2D eigenvalue weighted by atomic mass is 10.0. The monoisotopic (exact) mass is 435 g/mol. The van der Waals surface area contributed by atoms with Crippen LogP contribution in [-0.2, 0) is 22.6 Å². The number of H-pyrrole nitrogens is 1. The molecular weight excluding hydrogens is 413 g/mol. The van der Waals surface area contributed by atoms with Crippen molar-refractivity contribution in [2.45, 2.75) is 13.1 Å². The normalized spacial score (nSPS) is 14.0. The number of halogens is 2. The fourth-order valence-corrected chi connectivity index (χ4v) is 4.16. The molecule has 2 aromatic heterocycles. The lowest BCUT2D eigenvalue weighted by molar-refractivity contribution is -0.137. The fraction of sp³-hybridized carbons (Fsp3) is 0.400. The molecule has 0 unspecified atom stereocenters. The number of ether oxygens (including phenoxy) is 1. The molecule has 0 atom stereocenters. The van der Waals surface area contributed by atoms with Crippen molar-refractivity contribution in [3.05, 3.63) is 40.3 Å². The third-order valence-electron chi connectivity index (χ3n) is 5.20. The largest absolute Gasteiger partial charge is 0.370 e. The highest BCUT2D eigenvalue weighted by molar-refractivity contribution is 6.45. The van der Waals surface area contributed by atoms with Gasteiger partial charge in [-0.05, 0) is 20.2 Å². The second-order valence-electron chi connectivity index (χ2n) is 7.39. The zero-order chi connectivity index (χ0) is 20.5. The molecule has 0 spiro atoms. The summed E-state index contributed by atoms with van der Waals surface area (Å²) >= 11 is 12.9. The Balaban J connectivity index is 1.65. The minimum Gasteiger partial charge on any atom is -0.370 e. The van der Waals surface area contributed by atoms with E-state index in [1.54, 1.807) is 6.20 Å². The van der Waals surface area contributed by atoms with Gasteiger partial charge in [0.05, 0.1) is 34.9 Å². The van der Waals surface area contributed by atoms with Crippen molar-refractivity contribution in [1.82, 2.24) is 24.6 Å². The number of benzene rings is 1. The number of rotatable bonds is 6. The molecule has 4 rings (SSSR count). The van der Waals surface area contributed by atoms with Gasteiger partial charge in [-0.3, -0.25) is 9.89 Å². The molecule has 1 aliphatic rings. The highest BCUT2D eigenvalue weighted by atomic mass is 35.5. The van der Waals surface area contributed by atoms with E-state index in [-0.39, 0.29) is 12.5 Å². The average Bonchev–Trinajstić information content (AvgIpc) is 3.33. The van der Waals surface area contributed by atoms with Crippen LogP contribution in [0.5, 0.6) is 0 Å². The summed E-state index contributed by atoms with van der Waals surface area (Å²) in [6.07, 6.45) is 3.63. The predicted octanol–water partition coefficient (Wildman–Crippen LogP) is 3.26. The second kappa shape index (κ2) is 8.36. The summed E-state index contributed by atoms with van der Waals surface area (Å²) in [5.74, 6) is -0.0115. The number of carbonyl (C=O) groups excluding carboxylic acids is 1. The maximum absolute atomic E-state index is 12.7. The number of hydrogen-bond acceptors (Lipinski definition) is 4. The summed E-state index contributed by atoms with van der Waals surface area (Å²) < 4.78 is 7.72. The number of fused-ring (bicyclic) bond motifs is 3. The van der Waals surface area contributed by atoms with E-state index in [9.17, 15) is 4.79 Å². The average molecular weight is 436 g/mol. The molecule has 0 saturated carbocycles. The molecule has 0 bridgehead atoms. The zero-order valence-electron chi connectivity index (χ0n) is 16.4. The van der Waals surface area contributed by atoms with Gasteiger partial charge >= 0.3 is 0 Å². The van der Waals surface area contributed by atoms with Crippen molar-refractivity contribution < 1.29 is 9.53 Å². The van der Waals surface area contributed by atoms with Crippen LogP contribution in [0.1, 0.15) is 5.69 Å². The van der Waals surface area contributed by atoms with Gasteiger partial charge in [0, 0.05) is 48.0 Å². The first-order valence-electron chi connectivity index (χ1n) is 9.46. The number of aromatic amines is 1. The van der Waals surface area contributed by atoms with Crippen LogP contribution in [0.15, 0.2) is 24.5 Å². The molecular formula is C20H23Cl2N5O2. The number of likely N-dealkylation sites (N-methyl/N-ethyl adjacent to an activating group) is 1.